The molecule has 6 N–H and O–H groups in total. The molecule has 0 radical (unpaired) electrons. The van der Waals surface area contributed by atoms with E-state index in [1.165, 1.54) is 77.0 Å². The Balaban J connectivity index is 1.56. The predicted octanol–water partition coefficient (Wildman–Crippen LogP) is 6.34. The van der Waals surface area contributed by atoms with Crippen LogP contribution in [-0.2, 0) is 14.6 Å². The molecular formula is C35H69N3O5S. The molecule has 3 aliphatic carbocycles. The average molecular weight is 644 g/mol. The van der Waals surface area contributed by atoms with E-state index in [0.29, 0.717) is 41.0 Å². The number of rotatable bonds is 17. The van der Waals surface area contributed by atoms with Crippen molar-refractivity contribution in [2.75, 3.05) is 32.8 Å². The first-order valence-electron chi connectivity index (χ1n) is 18.2. The van der Waals surface area contributed by atoms with Crippen molar-refractivity contribution < 1.29 is 22.3 Å². The topological polar surface area (TPSA) is 134 Å². The molecule has 10 atom stereocenters. The number of hydrogen-bond acceptors (Lipinski definition) is 7. The van der Waals surface area contributed by atoms with Gasteiger partial charge in [0.1, 0.15) is 0 Å². The van der Waals surface area contributed by atoms with E-state index in [1.54, 1.807) is 6.92 Å². The molecule has 8 nitrogen and oxygen atoms in total. The highest BCUT2D eigenvalue weighted by Gasteiger charge is 2.50. The second kappa shape index (κ2) is 17.7. The van der Waals surface area contributed by atoms with Gasteiger partial charge in [0, 0.05) is 18.6 Å². The monoisotopic (exact) mass is 643 g/mol. The van der Waals surface area contributed by atoms with Crippen molar-refractivity contribution in [1.29, 1.82) is 0 Å². The Bertz CT molecular complexity index is 937. The molecule has 3 saturated carbocycles. The second-order valence-corrected chi connectivity index (χ2v) is 16.8. The molecule has 0 aromatic heterocycles. The molecule has 0 bridgehead atoms. The normalized spacial score (nSPS) is 35.4. The molecule has 0 amide bonds. The van der Waals surface area contributed by atoms with Gasteiger partial charge in [0.2, 0.25) is 0 Å². The van der Waals surface area contributed by atoms with Gasteiger partial charge in [-0.15, -0.1) is 0 Å². The second-order valence-electron chi connectivity index (χ2n) is 15.8. The zero-order valence-electron chi connectivity index (χ0n) is 28.9. The Labute approximate surface area is 270 Å². The summed E-state index contributed by atoms with van der Waals surface area (Å²) in [6.07, 6.45) is 17.2. The molecule has 0 spiro atoms. The molecule has 0 aromatic carbocycles. The predicted molar refractivity (Wildman–Crippen MR) is 181 cm³/mol. The van der Waals surface area contributed by atoms with Gasteiger partial charge < -0.3 is 21.5 Å². The number of nitrogens with one attached hydrogen (secondary N) is 2. The summed E-state index contributed by atoms with van der Waals surface area (Å²) >= 11 is 0. The highest BCUT2D eigenvalue weighted by Crippen LogP contribution is 2.59. The summed E-state index contributed by atoms with van der Waals surface area (Å²) in [6, 6.07) is 0.657. The van der Waals surface area contributed by atoms with Crippen LogP contribution in [0.2, 0.25) is 0 Å². The van der Waals surface area contributed by atoms with Gasteiger partial charge in [-0.2, -0.15) is 8.42 Å². The molecule has 44 heavy (non-hydrogen) atoms. The van der Waals surface area contributed by atoms with Gasteiger partial charge in [0.25, 0.3) is 0 Å². The molecule has 7 unspecified atom stereocenters. The fourth-order valence-electron chi connectivity index (χ4n) is 9.68. The zero-order chi connectivity index (χ0) is 32.4. The smallest absolute Gasteiger partial charge is 0.396 e. The summed E-state index contributed by atoms with van der Waals surface area (Å²) in [4.78, 5) is 0. The molecular weight excluding hydrogens is 574 g/mol. The van der Waals surface area contributed by atoms with E-state index in [4.69, 9.17) is 9.92 Å². The number of aliphatic hydroxyl groups is 1. The Kier molecular flexibility index (Phi) is 15.4. The molecule has 9 heteroatoms. The summed E-state index contributed by atoms with van der Waals surface area (Å²) in [5, 5.41) is 17.1. The lowest BCUT2D eigenvalue weighted by molar-refractivity contribution is -0.00200. The van der Waals surface area contributed by atoms with Crippen LogP contribution in [0.15, 0.2) is 0 Å². The van der Waals surface area contributed by atoms with Gasteiger partial charge in [-0.25, -0.2) is 4.18 Å². The maximum absolute atomic E-state index is 11.5. The summed E-state index contributed by atoms with van der Waals surface area (Å²) in [5.74, 6) is 2.95. The van der Waals surface area contributed by atoms with Crippen LogP contribution in [0.25, 0.3) is 0 Å². The largest absolute Gasteiger partial charge is 0.397 e. The van der Waals surface area contributed by atoms with E-state index in [-0.39, 0.29) is 12.5 Å². The summed E-state index contributed by atoms with van der Waals surface area (Å²) in [6.45, 7) is 15.7. The van der Waals surface area contributed by atoms with E-state index in [2.05, 4.69) is 38.3 Å². The first-order chi connectivity index (χ1) is 20.8. The van der Waals surface area contributed by atoms with Crippen LogP contribution in [0.4, 0.5) is 0 Å². The van der Waals surface area contributed by atoms with Crippen molar-refractivity contribution in [2.45, 2.75) is 143 Å². The maximum atomic E-state index is 11.5. The van der Waals surface area contributed by atoms with Crippen LogP contribution < -0.4 is 16.4 Å². The first kappa shape index (κ1) is 38.2. The van der Waals surface area contributed by atoms with E-state index >= 15 is 0 Å². The van der Waals surface area contributed by atoms with Crippen LogP contribution in [0.5, 0.6) is 0 Å². The lowest BCUT2D eigenvalue weighted by atomic mass is 9.55. The van der Waals surface area contributed by atoms with E-state index in [0.717, 1.165) is 50.9 Å². The Morgan fingerprint density at radius 3 is 2.32 bits per heavy atom. The highest BCUT2D eigenvalue weighted by molar-refractivity contribution is 7.80. The van der Waals surface area contributed by atoms with Crippen LogP contribution in [0.1, 0.15) is 131 Å². The molecule has 3 aliphatic rings. The Hall–Kier alpha value is -0.290. The third kappa shape index (κ3) is 10.6. The standard InChI is InChI=1S/C35H69N3O5S/c1-26(12-15-33(27(2)25-39)43-44(40,41)42)32-14-13-29-10-8-11-30-24-31(38-23-9-22-37-21-7-6-20-36)17-19-34(30,4)28(3)16-18-35(29,32)5/h26-33,37-39H,6-25,36H2,1-5H3,(H,40,41,42)/t26?,27?,28?,29?,30?,31-,32?,33?,34+,35-/m0/s1. The van der Waals surface area contributed by atoms with Crippen molar-refractivity contribution in [2.24, 2.45) is 52.1 Å². The van der Waals surface area contributed by atoms with Gasteiger partial charge in [-0.05, 0) is 156 Å². The van der Waals surface area contributed by atoms with Crippen molar-refractivity contribution in [3.8, 4) is 0 Å². The minimum absolute atomic E-state index is 0.167. The molecule has 0 aliphatic heterocycles. The van der Waals surface area contributed by atoms with Gasteiger partial charge in [0.15, 0.2) is 0 Å². The van der Waals surface area contributed by atoms with Crippen molar-refractivity contribution in [3.05, 3.63) is 0 Å². The van der Waals surface area contributed by atoms with Gasteiger partial charge >= 0.3 is 10.4 Å². The van der Waals surface area contributed by atoms with E-state index < -0.39 is 16.5 Å². The van der Waals surface area contributed by atoms with Crippen molar-refractivity contribution >= 4 is 10.4 Å². The molecule has 0 aromatic rings. The fourth-order valence-corrected chi connectivity index (χ4v) is 10.3. The van der Waals surface area contributed by atoms with Crippen molar-refractivity contribution in [1.82, 2.24) is 10.6 Å². The van der Waals surface area contributed by atoms with Crippen LogP contribution >= 0.6 is 0 Å². The zero-order valence-corrected chi connectivity index (χ0v) is 29.7. The number of unbranched alkanes of at least 4 members (excludes halogenated alkanes) is 1. The lowest BCUT2D eigenvalue weighted by Gasteiger charge is -2.51. The van der Waals surface area contributed by atoms with Crippen LogP contribution in [-0.4, -0.2) is 63.0 Å². The van der Waals surface area contributed by atoms with Gasteiger partial charge in [-0.1, -0.05) is 41.0 Å². The third-order valence-corrected chi connectivity index (χ3v) is 13.5. The highest BCUT2D eigenvalue weighted by atomic mass is 32.3. The van der Waals surface area contributed by atoms with E-state index in [9.17, 15) is 18.1 Å². The molecule has 260 valence electrons. The number of nitrogens with two attached hydrogens (primary N) is 1. The maximum Gasteiger partial charge on any atom is 0.397 e. The molecule has 3 rings (SSSR count). The summed E-state index contributed by atoms with van der Waals surface area (Å²) in [5.41, 5.74) is 6.30. The Morgan fingerprint density at radius 1 is 0.909 bits per heavy atom. The minimum atomic E-state index is -4.55. The SMILES string of the molecule is CC(CO)C(CCC(C)C1CCC2CCCC3C[C@@H](NCCCNCCCCN)CC[C@]3(C)C(C)CC[C@@]21C)OS(=O)(=O)O. The van der Waals surface area contributed by atoms with Crippen molar-refractivity contribution in [3.63, 3.8) is 0 Å². The number of fused-ring (bicyclic) bond motifs is 2. The molecule has 0 heterocycles. The third-order valence-electron chi connectivity index (χ3n) is 13.0. The summed E-state index contributed by atoms with van der Waals surface area (Å²) in [7, 11) is -4.55. The fraction of sp³-hybridized carbons (Fsp3) is 1.00. The Morgan fingerprint density at radius 2 is 1.61 bits per heavy atom. The van der Waals surface area contributed by atoms with E-state index in [1.807, 2.05) is 0 Å². The average Bonchev–Trinajstić information content (AvgIpc) is 3.31. The van der Waals surface area contributed by atoms with Crippen LogP contribution in [0.3, 0.4) is 0 Å². The number of aliphatic hydroxyl groups excluding tert-OH is 1. The summed E-state index contributed by atoms with van der Waals surface area (Å²) < 4.78 is 37.2. The van der Waals surface area contributed by atoms with Gasteiger partial charge in [-0.3, -0.25) is 4.55 Å². The lowest BCUT2D eigenvalue weighted by Crippen LogP contribution is -2.46. The van der Waals surface area contributed by atoms with Crippen LogP contribution in [0, 0.1) is 46.3 Å². The quantitative estimate of drug-likeness (QED) is 0.0917. The van der Waals surface area contributed by atoms with Gasteiger partial charge in [0.05, 0.1) is 6.10 Å². The molecule has 3 fully saturated rings. The number of hydrogen-bond donors (Lipinski definition) is 5. The first-order valence-corrected chi connectivity index (χ1v) is 19.6. The molecule has 0 saturated heterocycles. The minimum Gasteiger partial charge on any atom is -0.396 e.